The van der Waals surface area contributed by atoms with Crippen LogP contribution in [-0.2, 0) is 19.1 Å². The van der Waals surface area contributed by atoms with E-state index < -0.39 is 29.8 Å². The molecule has 0 aliphatic carbocycles. The molecule has 0 spiro atoms. The van der Waals surface area contributed by atoms with Gasteiger partial charge in [0.15, 0.2) is 0 Å². The first-order chi connectivity index (χ1) is 12.0. The number of alkyl carbamates (subject to hydrolysis) is 1. The molecule has 142 valence electrons. The van der Waals surface area contributed by atoms with E-state index in [9.17, 15) is 14.4 Å². The van der Waals surface area contributed by atoms with Crippen LogP contribution in [0.3, 0.4) is 0 Å². The third-order valence-corrected chi connectivity index (χ3v) is 4.14. The number of hydrogen-bond donors (Lipinski definition) is 1. The van der Waals surface area contributed by atoms with Gasteiger partial charge in [-0.05, 0) is 45.0 Å². The predicted molar refractivity (Wildman–Crippen MR) is 99.8 cm³/mol. The SMILES string of the molecule is CC(=O)O[C@H]1C[C@H](NC(=O)OC(C)(C)C)C(=O)N(c2ccc(Br)cc2)C1. The molecule has 0 saturated carbocycles. The molecule has 1 heterocycles. The van der Waals surface area contributed by atoms with Crippen molar-refractivity contribution in [2.45, 2.75) is 51.9 Å². The number of hydrogen-bond acceptors (Lipinski definition) is 5. The van der Waals surface area contributed by atoms with Crippen LogP contribution in [0.4, 0.5) is 10.5 Å². The Morgan fingerprint density at radius 2 is 1.85 bits per heavy atom. The third kappa shape index (κ3) is 5.72. The number of carbonyl (C=O) groups is 3. The fourth-order valence-electron chi connectivity index (χ4n) is 2.66. The molecule has 0 aromatic heterocycles. The summed E-state index contributed by atoms with van der Waals surface area (Å²) in [6, 6.07) is 6.35. The Morgan fingerprint density at radius 3 is 2.38 bits per heavy atom. The van der Waals surface area contributed by atoms with Crippen molar-refractivity contribution in [3.8, 4) is 0 Å². The zero-order valence-electron chi connectivity index (χ0n) is 15.2. The van der Waals surface area contributed by atoms with Gasteiger partial charge in [-0.1, -0.05) is 15.9 Å². The molecular formula is C18H23BrN2O5. The van der Waals surface area contributed by atoms with E-state index in [0.717, 1.165) is 4.47 Å². The third-order valence-electron chi connectivity index (χ3n) is 3.61. The topological polar surface area (TPSA) is 84.9 Å². The summed E-state index contributed by atoms with van der Waals surface area (Å²) in [5.41, 5.74) is -0.0197. The van der Waals surface area contributed by atoms with E-state index in [1.54, 1.807) is 32.9 Å². The molecular weight excluding hydrogens is 404 g/mol. The number of benzene rings is 1. The Hall–Kier alpha value is -2.09. The van der Waals surface area contributed by atoms with Crippen LogP contribution in [-0.4, -0.2) is 42.3 Å². The summed E-state index contributed by atoms with van der Waals surface area (Å²) in [6.07, 6.45) is -1.01. The van der Waals surface area contributed by atoms with Crippen molar-refractivity contribution in [1.29, 1.82) is 0 Å². The predicted octanol–water partition coefficient (Wildman–Crippen LogP) is 3.01. The molecule has 1 aromatic rings. The number of carbonyl (C=O) groups excluding carboxylic acids is 3. The number of ether oxygens (including phenoxy) is 2. The fourth-order valence-corrected chi connectivity index (χ4v) is 2.93. The molecule has 1 N–H and O–H groups in total. The van der Waals surface area contributed by atoms with Crippen LogP contribution in [0.25, 0.3) is 0 Å². The van der Waals surface area contributed by atoms with Crippen LogP contribution in [0.1, 0.15) is 34.1 Å². The summed E-state index contributed by atoms with van der Waals surface area (Å²) < 4.78 is 11.4. The smallest absolute Gasteiger partial charge is 0.408 e. The van der Waals surface area contributed by atoms with E-state index >= 15 is 0 Å². The second-order valence-electron chi connectivity index (χ2n) is 7.09. The van der Waals surface area contributed by atoms with Gasteiger partial charge < -0.3 is 19.7 Å². The molecule has 0 radical (unpaired) electrons. The minimum atomic E-state index is -0.841. The molecule has 2 amide bonds. The van der Waals surface area contributed by atoms with E-state index in [1.165, 1.54) is 11.8 Å². The van der Waals surface area contributed by atoms with Crippen LogP contribution in [0, 0.1) is 0 Å². The van der Waals surface area contributed by atoms with Gasteiger partial charge in [-0.2, -0.15) is 0 Å². The van der Waals surface area contributed by atoms with Gasteiger partial charge in [0, 0.05) is 23.5 Å². The number of esters is 1. The highest BCUT2D eigenvalue weighted by Crippen LogP contribution is 2.25. The highest BCUT2D eigenvalue weighted by atomic mass is 79.9. The molecule has 7 nitrogen and oxygen atoms in total. The zero-order valence-corrected chi connectivity index (χ0v) is 16.8. The first kappa shape index (κ1) is 20.2. The number of anilines is 1. The molecule has 1 aliphatic heterocycles. The van der Waals surface area contributed by atoms with Gasteiger partial charge in [0.1, 0.15) is 17.7 Å². The van der Waals surface area contributed by atoms with Crippen molar-refractivity contribution >= 4 is 39.6 Å². The number of rotatable bonds is 3. The lowest BCUT2D eigenvalue weighted by molar-refractivity contribution is -0.148. The summed E-state index contributed by atoms with van der Waals surface area (Å²) >= 11 is 3.36. The lowest BCUT2D eigenvalue weighted by atomic mass is 10.0. The number of amides is 2. The van der Waals surface area contributed by atoms with Gasteiger partial charge >= 0.3 is 12.1 Å². The number of nitrogens with zero attached hydrogens (tertiary/aromatic N) is 1. The zero-order chi connectivity index (χ0) is 19.5. The van der Waals surface area contributed by atoms with E-state index in [2.05, 4.69) is 21.2 Å². The normalized spacial score (nSPS) is 20.5. The monoisotopic (exact) mass is 426 g/mol. The Kier molecular flexibility index (Phi) is 6.28. The number of piperidine rings is 1. The molecule has 1 saturated heterocycles. The molecule has 2 atom stereocenters. The molecule has 2 rings (SSSR count). The van der Waals surface area contributed by atoms with Gasteiger partial charge in [0.2, 0.25) is 5.91 Å². The van der Waals surface area contributed by atoms with E-state index in [-0.39, 0.29) is 18.9 Å². The van der Waals surface area contributed by atoms with Crippen LogP contribution < -0.4 is 10.2 Å². The summed E-state index contributed by atoms with van der Waals surface area (Å²) in [6.45, 7) is 6.77. The summed E-state index contributed by atoms with van der Waals surface area (Å²) in [7, 11) is 0. The first-order valence-electron chi connectivity index (χ1n) is 8.29. The van der Waals surface area contributed by atoms with Gasteiger partial charge in [-0.25, -0.2) is 4.79 Å². The maximum Gasteiger partial charge on any atom is 0.408 e. The summed E-state index contributed by atoms with van der Waals surface area (Å²) in [4.78, 5) is 37.8. The van der Waals surface area contributed by atoms with Gasteiger partial charge in [0.05, 0.1) is 6.54 Å². The summed E-state index contributed by atoms with van der Waals surface area (Å²) in [5.74, 6) is -0.710. The average molecular weight is 427 g/mol. The average Bonchev–Trinajstić information content (AvgIpc) is 2.49. The highest BCUT2D eigenvalue weighted by Gasteiger charge is 2.38. The van der Waals surface area contributed by atoms with E-state index in [0.29, 0.717) is 5.69 Å². The van der Waals surface area contributed by atoms with Crippen molar-refractivity contribution in [1.82, 2.24) is 5.32 Å². The number of nitrogens with one attached hydrogen (secondary N) is 1. The van der Waals surface area contributed by atoms with E-state index in [1.807, 2.05) is 12.1 Å². The maximum absolute atomic E-state index is 12.8. The van der Waals surface area contributed by atoms with Crippen LogP contribution >= 0.6 is 15.9 Å². The molecule has 1 fully saturated rings. The molecule has 0 bridgehead atoms. The maximum atomic E-state index is 12.8. The van der Waals surface area contributed by atoms with Crippen molar-refractivity contribution in [2.75, 3.05) is 11.4 Å². The Bertz CT molecular complexity index is 684. The molecule has 26 heavy (non-hydrogen) atoms. The molecule has 0 unspecified atom stereocenters. The van der Waals surface area contributed by atoms with Gasteiger partial charge in [-0.3, -0.25) is 9.59 Å². The Morgan fingerprint density at radius 1 is 1.23 bits per heavy atom. The summed E-state index contributed by atoms with van der Waals surface area (Å²) in [5, 5.41) is 2.59. The van der Waals surface area contributed by atoms with Crippen LogP contribution in [0.5, 0.6) is 0 Å². The van der Waals surface area contributed by atoms with Crippen molar-refractivity contribution < 1.29 is 23.9 Å². The lowest BCUT2D eigenvalue weighted by Crippen LogP contribution is -2.58. The van der Waals surface area contributed by atoms with Crippen molar-refractivity contribution in [2.24, 2.45) is 0 Å². The quantitative estimate of drug-likeness (QED) is 0.750. The Labute approximate surface area is 161 Å². The van der Waals surface area contributed by atoms with Gasteiger partial charge in [-0.15, -0.1) is 0 Å². The number of halogens is 1. The fraction of sp³-hybridized carbons (Fsp3) is 0.500. The minimum Gasteiger partial charge on any atom is -0.461 e. The standard InChI is InChI=1S/C18H23BrN2O5/c1-11(22)25-14-9-15(20-17(24)26-18(2,3)4)16(23)21(10-14)13-7-5-12(19)6-8-13/h5-8,14-15H,9-10H2,1-4H3,(H,20,24)/t14-,15-/m0/s1. The highest BCUT2D eigenvalue weighted by molar-refractivity contribution is 9.10. The van der Waals surface area contributed by atoms with Crippen molar-refractivity contribution in [3.05, 3.63) is 28.7 Å². The Balaban J connectivity index is 2.20. The molecule has 8 heteroatoms. The lowest BCUT2D eigenvalue weighted by Gasteiger charge is -2.37. The second-order valence-corrected chi connectivity index (χ2v) is 8.01. The van der Waals surface area contributed by atoms with E-state index in [4.69, 9.17) is 9.47 Å². The largest absolute Gasteiger partial charge is 0.461 e. The van der Waals surface area contributed by atoms with Crippen molar-refractivity contribution in [3.63, 3.8) is 0 Å². The molecule has 1 aliphatic rings. The molecule has 1 aromatic carbocycles. The van der Waals surface area contributed by atoms with Gasteiger partial charge in [0.25, 0.3) is 0 Å². The minimum absolute atomic E-state index is 0.199. The van der Waals surface area contributed by atoms with Crippen LogP contribution in [0.2, 0.25) is 0 Å². The van der Waals surface area contributed by atoms with Crippen LogP contribution in [0.15, 0.2) is 28.7 Å². The second kappa shape index (κ2) is 8.07. The first-order valence-corrected chi connectivity index (χ1v) is 9.08.